The Hall–Kier alpha value is -3.02. The lowest BCUT2D eigenvalue weighted by Gasteiger charge is -2.18. The summed E-state index contributed by atoms with van der Waals surface area (Å²) in [5.74, 6) is 2.04. The predicted octanol–water partition coefficient (Wildman–Crippen LogP) is 3.91. The van der Waals surface area contributed by atoms with Gasteiger partial charge >= 0.3 is 0 Å². The molecule has 6 heteroatoms. The minimum atomic E-state index is -0.0416. The number of aromatic amines is 1. The molecule has 27 heavy (non-hydrogen) atoms. The summed E-state index contributed by atoms with van der Waals surface area (Å²) in [6, 6.07) is 10.0. The summed E-state index contributed by atoms with van der Waals surface area (Å²) >= 11 is 0. The Morgan fingerprint density at radius 2 is 1.89 bits per heavy atom. The van der Waals surface area contributed by atoms with Crippen LogP contribution in [0.5, 0.6) is 11.5 Å². The summed E-state index contributed by atoms with van der Waals surface area (Å²) in [6.07, 6.45) is 2.00. The lowest BCUT2D eigenvalue weighted by atomic mass is 10.1. The van der Waals surface area contributed by atoms with E-state index < -0.39 is 0 Å². The van der Waals surface area contributed by atoms with Crippen LogP contribution in [0.4, 0.5) is 5.95 Å². The maximum Gasteiger partial charge on any atom is 0.226 e. The molecule has 1 aliphatic rings. The molecule has 0 saturated heterocycles. The molecule has 6 nitrogen and oxygen atoms in total. The summed E-state index contributed by atoms with van der Waals surface area (Å²) in [7, 11) is 0. The van der Waals surface area contributed by atoms with E-state index in [-0.39, 0.29) is 5.91 Å². The Bertz CT molecular complexity index is 955. The number of anilines is 1. The zero-order valence-corrected chi connectivity index (χ0v) is 15.6. The number of carbonyl (C=O) groups excluding carboxylic acids is 1. The smallest absolute Gasteiger partial charge is 0.226 e. The number of aryl methyl sites for hydroxylation is 3. The first-order chi connectivity index (χ1) is 13.1. The fourth-order valence-corrected chi connectivity index (χ4v) is 3.22. The second kappa shape index (κ2) is 7.31. The first-order valence-corrected chi connectivity index (χ1v) is 9.24. The highest BCUT2D eigenvalue weighted by Gasteiger charge is 2.12. The van der Waals surface area contributed by atoms with Crippen LogP contribution in [-0.4, -0.2) is 29.1 Å². The van der Waals surface area contributed by atoms with E-state index in [4.69, 9.17) is 9.47 Å². The molecule has 0 fully saturated rings. The van der Waals surface area contributed by atoms with Crippen molar-refractivity contribution >= 4 is 22.9 Å². The van der Waals surface area contributed by atoms with Gasteiger partial charge in [-0.1, -0.05) is 6.07 Å². The van der Waals surface area contributed by atoms with Crippen LogP contribution in [0.15, 0.2) is 30.3 Å². The zero-order chi connectivity index (χ0) is 18.8. The topological polar surface area (TPSA) is 76.2 Å². The van der Waals surface area contributed by atoms with E-state index in [9.17, 15) is 4.79 Å². The molecule has 2 heterocycles. The molecule has 4 rings (SSSR count). The molecule has 0 atom stereocenters. The summed E-state index contributed by atoms with van der Waals surface area (Å²) in [5, 5.41) is 2.86. The Labute approximate surface area is 157 Å². The predicted molar refractivity (Wildman–Crippen MR) is 105 cm³/mol. The van der Waals surface area contributed by atoms with E-state index in [1.165, 1.54) is 11.1 Å². The molecule has 3 aromatic rings. The highest BCUT2D eigenvalue weighted by molar-refractivity contribution is 5.91. The summed E-state index contributed by atoms with van der Waals surface area (Å²) in [4.78, 5) is 19.8. The van der Waals surface area contributed by atoms with Crippen LogP contribution in [0.2, 0.25) is 0 Å². The van der Waals surface area contributed by atoms with Crippen LogP contribution < -0.4 is 14.8 Å². The van der Waals surface area contributed by atoms with Gasteiger partial charge in [-0.2, -0.15) is 0 Å². The molecule has 2 N–H and O–H groups in total. The standard InChI is InChI=1S/C21H23N3O3/c1-13-10-16-17(11-14(13)2)23-21(22-16)24-20(25)5-3-4-15-6-7-18-19(12-15)27-9-8-26-18/h6-7,10-12H,3-5,8-9H2,1-2H3,(H2,22,23,24,25). The first-order valence-electron chi connectivity index (χ1n) is 9.24. The van der Waals surface area contributed by atoms with Crippen LogP contribution in [-0.2, 0) is 11.2 Å². The molecule has 0 unspecified atom stereocenters. The van der Waals surface area contributed by atoms with E-state index in [1.54, 1.807) is 0 Å². The van der Waals surface area contributed by atoms with Gasteiger partial charge in [0.15, 0.2) is 11.5 Å². The van der Waals surface area contributed by atoms with E-state index in [2.05, 4.69) is 35.2 Å². The van der Waals surface area contributed by atoms with Gasteiger partial charge in [-0.25, -0.2) is 4.98 Å². The zero-order valence-electron chi connectivity index (χ0n) is 15.6. The average molecular weight is 365 g/mol. The number of carbonyl (C=O) groups is 1. The quantitative estimate of drug-likeness (QED) is 0.719. The third kappa shape index (κ3) is 3.89. The summed E-state index contributed by atoms with van der Waals surface area (Å²) in [6.45, 7) is 5.29. The minimum absolute atomic E-state index is 0.0416. The molecular weight excluding hydrogens is 342 g/mol. The van der Waals surface area contributed by atoms with Gasteiger partial charge in [0.2, 0.25) is 11.9 Å². The second-order valence-electron chi connectivity index (χ2n) is 6.92. The molecule has 2 aromatic carbocycles. The van der Waals surface area contributed by atoms with Gasteiger partial charge in [-0.3, -0.25) is 10.1 Å². The van der Waals surface area contributed by atoms with E-state index in [0.29, 0.717) is 25.6 Å². The molecule has 0 spiro atoms. The van der Waals surface area contributed by atoms with Gasteiger partial charge in [0, 0.05) is 6.42 Å². The van der Waals surface area contributed by atoms with Crippen LogP contribution >= 0.6 is 0 Å². The fraction of sp³-hybridized carbons (Fsp3) is 0.333. The van der Waals surface area contributed by atoms with Gasteiger partial charge in [0.1, 0.15) is 13.2 Å². The minimum Gasteiger partial charge on any atom is -0.486 e. The number of nitrogens with one attached hydrogen (secondary N) is 2. The van der Waals surface area contributed by atoms with Crippen LogP contribution in [0.1, 0.15) is 29.5 Å². The molecule has 0 saturated carbocycles. The molecule has 1 amide bonds. The number of fused-ring (bicyclic) bond motifs is 2. The number of ether oxygens (including phenoxy) is 2. The molecule has 140 valence electrons. The first kappa shape index (κ1) is 17.4. The lowest BCUT2D eigenvalue weighted by molar-refractivity contribution is -0.116. The molecule has 1 aromatic heterocycles. The SMILES string of the molecule is Cc1cc2nc(NC(=O)CCCc3ccc4c(c3)OCCO4)[nH]c2cc1C. The van der Waals surface area contributed by atoms with Crippen molar-refractivity contribution in [1.82, 2.24) is 9.97 Å². The van der Waals surface area contributed by atoms with Gasteiger partial charge in [-0.05, 0) is 67.6 Å². The Morgan fingerprint density at radius 3 is 2.74 bits per heavy atom. The third-order valence-corrected chi connectivity index (χ3v) is 4.83. The van der Waals surface area contributed by atoms with Crippen molar-refractivity contribution < 1.29 is 14.3 Å². The average Bonchev–Trinajstić information content (AvgIpc) is 3.02. The molecule has 0 bridgehead atoms. The van der Waals surface area contributed by atoms with Gasteiger partial charge in [0.05, 0.1) is 11.0 Å². The fourth-order valence-electron chi connectivity index (χ4n) is 3.22. The number of hydrogen-bond acceptors (Lipinski definition) is 4. The molecule has 1 aliphatic heterocycles. The highest BCUT2D eigenvalue weighted by atomic mass is 16.6. The summed E-state index contributed by atoms with van der Waals surface area (Å²) in [5.41, 5.74) is 5.32. The Kier molecular flexibility index (Phi) is 4.71. The number of imidazole rings is 1. The number of hydrogen-bond donors (Lipinski definition) is 2. The largest absolute Gasteiger partial charge is 0.486 e. The van der Waals surface area contributed by atoms with E-state index in [0.717, 1.165) is 40.9 Å². The Morgan fingerprint density at radius 1 is 1.11 bits per heavy atom. The van der Waals surface area contributed by atoms with Gasteiger partial charge in [-0.15, -0.1) is 0 Å². The number of benzene rings is 2. The van der Waals surface area contributed by atoms with Crippen molar-refractivity contribution in [1.29, 1.82) is 0 Å². The van der Waals surface area contributed by atoms with Crippen LogP contribution in [0.3, 0.4) is 0 Å². The van der Waals surface area contributed by atoms with Crippen molar-refractivity contribution in [2.45, 2.75) is 33.1 Å². The molecule has 0 aliphatic carbocycles. The number of rotatable bonds is 5. The highest BCUT2D eigenvalue weighted by Crippen LogP contribution is 2.31. The van der Waals surface area contributed by atoms with Crippen LogP contribution in [0.25, 0.3) is 11.0 Å². The normalized spacial score (nSPS) is 13.0. The van der Waals surface area contributed by atoms with Crippen molar-refractivity contribution in [3.05, 3.63) is 47.0 Å². The van der Waals surface area contributed by atoms with Gasteiger partial charge < -0.3 is 14.5 Å². The van der Waals surface area contributed by atoms with Crippen molar-refractivity contribution in [2.75, 3.05) is 18.5 Å². The van der Waals surface area contributed by atoms with Crippen molar-refractivity contribution in [3.8, 4) is 11.5 Å². The van der Waals surface area contributed by atoms with E-state index in [1.807, 2.05) is 24.3 Å². The monoisotopic (exact) mass is 365 g/mol. The molecular formula is C21H23N3O3. The summed E-state index contributed by atoms with van der Waals surface area (Å²) < 4.78 is 11.1. The van der Waals surface area contributed by atoms with Crippen molar-refractivity contribution in [2.24, 2.45) is 0 Å². The number of H-pyrrole nitrogens is 1. The third-order valence-electron chi connectivity index (χ3n) is 4.83. The van der Waals surface area contributed by atoms with E-state index >= 15 is 0 Å². The van der Waals surface area contributed by atoms with Crippen molar-refractivity contribution in [3.63, 3.8) is 0 Å². The number of nitrogens with zero attached hydrogens (tertiary/aromatic N) is 1. The second-order valence-corrected chi connectivity index (χ2v) is 6.92. The Balaban J connectivity index is 1.32. The number of aromatic nitrogens is 2. The van der Waals surface area contributed by atoms with Crippen LogP contribution in [0, 0.1) is 13.8 Å². The molecule has 0 radical (unpaired) electrons. The lowest BCUT2D eigenvalue weighted by Crippen LogP contribution is -2.15. The maximum absolute atomic E-state index is 12.2. The number of amides is 1. The van der Waals surface area contributed by atoms with Gasteiger partial charge in [0.25, 0.3) is 0 Å². The maximum atomic E-state index is 12.2.